The van der Waals surface area contributed by atoms with Gasteiger partial charge in [0.05, 0.1) is 18.0 Å². The van der Waals surface area contributed by atoms with Crippen molar-refractivity contribution >= 4 is 11.5 Å². The van der Waals surface area contributed by atoms with Crippen LogP contribution < -0.4 is 11.1 Å². The topological polar surface area (TPSA) is 76.1 Å². The number of aromatic nitrogens is 2. The fourth-order valence-corrected chi connectivity index (χ4v) is 2.10. The van der Waals surface area contributed by atoms with Crippen LogP contribution in [-0.2, 0) is 19.7 Å². The van der Waals surface area contributed by atoms with Crippen LogP contribution in [0.25, 0.3) is 0 Å². The molecule has 0 fully saturated rings. The molecule has 2 aromatic rings. The van der Waals surface area contributed by atoms with E-state index in [1.54, 1.807) is 0 Å². The van der Waals surface area contributed by atoms with Crippen molar-refractivity contribution in [2.45, 2.75) is 40.0 Å². The molecule has 1 aromatic carbocycles. The van der Waals surface area contributed by atoms with E-state index >= 15 is 0 Å². The molecule has 0 radical (unpaired) electrons. The maximum Gasteiger partial charge on any atom is 0.148 e. The molecule has 20 heavy (non-hydrogen) atoms. The summed E-state index contributed by atoms with van der Waals surface area (Å²) in [5, 5.41) is 16.8. The summed E-state index contributed by atoms with van der Waals surface area (Å²) < 4.78 is 1.92. The first-order valence-corrected chi connectivity index (χ1v) is 6.91. The Hall–Kier alpha value is -2.01. The molecule has 5 heteroatoms. The van der Waals surface area contributed by atoms with Crippen molar-refractivity contribution in [2.75, 3.05) is 11.1 Å². The third kappa shape index (κ3) is 3.11. The van der Waals surface area contributed by atoms with Gasteiger partial charge in [0.25, 0.3) is 0 Å². The van der Waals surface area contributed by atoms with Crippen LogP contribution in [0.15, 0.2) is 24.3 Å². The Labute approximate surface area is 119 Å². The third-order valence-corrected chi connectivity index (χ3v) is 3.27. The fraction of sp³-hybridized carbons (Fsp3) is 0.400. The lowest BCUT2D eigenvalue weighted by atomic mass is 10.1. The normalized spacial score (nSPS) is 10.8. The number of nitrogens with two attached hydrogens (primary N) is 1. The Balaban J connectivity index is 2.09. The predicted molar refractivity (Wildman–Crippen MR) is 81.4 cm³/mol. The van der Waals surface area contributed by atoms with Crippen LogP contribution in [0, 0.1) is 6.92 Å². The molecule has 0 aliphatic heterocycles. The number of nitrogens with one attached hydrogen (secondary N) is 1. The number of aliphatic hydroxyl groups excluding tert-OH is 1. The van der Waals surface area contributed by atoms with Crippen molar-refractivity contribution < 1.29 is 5.11 Å². The zero-order valence-electron chi connectivity index (χ0n) is 12.1. The van der Waals surface area contributed by atoms with Crippen molar-refractivity contribution in [1.29, 1.82) is 0 Å². The highest BCUT2D eigenvalue weighted by molar-refractivity contribution is 5.64. The van der Waals surface area contributed by atoms with Crippen molar-refractivity contribution in [3.8, 4) is 0 Å². The first kappa shape index (κ1) is 14.4. The minimum absolute atomic E-state index is 0.0725. The Morgan fingerprint density at radius 3 is 2.50 bits per heavy atom. The van der Waals surface area contributed by atoms with Gasteiger partial charge in [0.15, 0.2) is 0 Å². The van der Waals surface area contributed by atoms with Gasteiger partial charge in [0.1, 0.15) is 5.82 Å². The number of aliphatic hydroxyl groups is 1. The highest BCUT2D eigenvalue weighted by Gasteiger charge is 2.11. The zero-order valence-corrected chi connectivity index (χ0v) is 12.1. The first-order valence-electron chi connectivity index (χ1n) is 6.91. The minimum Gasteiger partial charge on any atom is -0.394 e. The monoisotopic (exact) mass is 274 g/mol. The number of hydrogen-bond donors (Lipinski definition) is 3. The SMILES string of the molecule is CCCn1nc(C)c(N)c1NCc1ccc(CO)cc1. The molecule has 0 spiro atoms. The molecule has 1 aromatic heterocycles. The second kappa shape index (κ2) is 6.43. The summed E-state index contributed by atoms with van der Waals surface area (Å²) in [4.78, 5) is 0. The van der Waals surface area contributed by atoms with E-state index in [0.29, 0.717) is 12.2 Å². The molecular formula is C15H22N4O. The molecule has 0 atom stereocenters. The summed E-state index contributed by atoms with van der Waals surface area (Å²) in [7, 11) is 0. The zero-order chi connectivity index (χ0) is 14.5. The molecular weight excluding hydrogens is 252 g/mol. The fourth-order valence-electron chi connectivity index (χ4n) is 2.10. The van der Waals surface area contributed by atoms with Crippen molar-refractivity contribution in [2.24, 2.45) is 0 Å². The van der Waals surface area contributed by atoms with Gasteiger partial charge in [0.2, 0.25) is 0 Å². The van der Waals surface area contributed by atoms with E-state index in [1.165, 1.54) is 0 Å². The Bertz CT molecular complexity index is 560. The van der Waals surface area contributed by atoms with E-state index in [0.717, 1.165) is 35.6 Å². The summed E-state index contributed by atoms with van der Waals surface area (Å²) in [5.41, 5.74) is 9.69. The third-order valence-electron chi connectivity index (χ3n) is 3.27. The summed E-state index contributed by atoms with van der Waals surface area (Å²) in [6, 6.07) is 7.86. The number of benzene rings is 1. The van der Waals surface area contributed by atoms with Gasteiger partial charge in [-0.05, 0) is 24.5 Å². The van der Waals surface area contributed by atoms with Crippen LogP contribution in [0.2, 0.25) is 0 Å². The van der Waals surface area contributed by atoms with Gasteiger partial charge in [-0.25, -0.2) is 4.68 Å². The van der Waals surface area contributed by atoms with Gasteiger partial charge in [0, 0.05) is 13.1 Å². The van der Waals surface area contributed by atoms with Gasteiger partial charge in [-0.2, -0.15) is 5.10 Å². The van der Waals surface area contributed by atoms with Crippen LogP contribution in [0.4, 0.5) is 11.5 Å². The van der Waals surface area contributed by atoms with Crippen LogP contribution in [0.1, 0.15) is 30.2 Å². The molecule has 1 heterocycles. The molecule has 108 valence electrons. The molecule has 0 unspecified atom stereocenters. The van der Waals surface area contributed by atoms with E-state index < -0.39 is 0 Å². The Morgan fingerprint density at radius 2 is 1.90 bits per heavy atom. The summed E-state index contributed by atoms with van der Waals surface area (Å²) >= 11 is 0. The number of aryl methyl sites for hydroxylation is 2. The number of rotatable bonds is 6. The van der Waals surface area contributed by atoms with E-state index in [1.807, 2.05) is 35.9 Å². The van der Waals surface area contributed by atoms with Gasteiger partial charge in [-0.3, -0.25) is 0 Å². The lowest BCUT2D eigenvalue weighted by Gasteiger charge is -2.10. The smallest absolute Gasteiger partial charge is 0.148 e. The second-order valence-corrected chi connectivity index (χ2v) is 4.90. The van der Waals surface area contributed by atoms with Crippen molar-refractivity contribution in [3.63, 3.8) is 0 Å². The lowest BCUT2D eigenvalue weighted by Crippen LogP contribution is -2.09. The Kier molecular flexibility index (Phi) is 4.63. The quantitative estimate of drug-likeness (QED) is 0.755. The molecule has 0 bridgehead atoms. The maximum atomic E-state index is 9.03. The van der Waals surface area contributed by atoms with Crippen LogP contribution in [-0.4, -0.2) is 14.9 Å². The minimum atomic E-state index is 0.0725. The van der Waals surface area contributed by atoms with Crippen LogP contribution in [0.5, 0.6) is 0 Å². The number of nitrogen functional groups attached to an aromatic ring is 1. The van der Waals surface area contributed by atoms with Crippen molar-refractivity contribution in [1.82, 2.24) is 9.78 Å². The molecule has 0 amide bonds. The lowest BCUT2D eigenvalue weighted by molar-refractivity contribution is 0.282. The maximum absolute atomic E-state index is 9.03. The highest BCUT2D eigenvalue weighted by Crippen LogP contribution is 2.23. The highest BCUT2D eigenvalue weighted by atomic mass is 16.3. The van der Waals surface area contributed by atoms with Gasteiger partial charge in [-0.1, -0.05) is 31.2 Å². The largest absolute Gasteiger partial charge is 0.394 e. The molecule has 0 saturated heterocycles. The van der Waals surface area contributed by atoms with Gasteiger partial charge >= 0.3 is 0 Å². The molecule has 5 nitrogen and oxygen atoms in total. The summed E-state index contributed by atoms with van der Waals surface area (Å²) in [6.45, 7) is 5.64. The van der Waals surface area contributed by atoms with Crippen LogP contribution in [0.3, 0.4) is 0 Å². The second-order valence-electron chi connectivity index (χ2n) is 4.90. The van der Waals surface area contributed by atoms with E-state index in [2.05, 4.69) is 17.3 Å². The Morgan fingerprint density at radius 1 is 1.25 bits per heavy atom. The predicted octanol–water partition coefficient (Wildman–Crippen LogP) is 2.29. The molecule has 4 N–H and O–H groups in total. The summed E-state index contributed by atoms with van der Waals surface area (Å²) in [6.07, 6.45) is 1.01. The van der Waals surface area contributed by atoms with E-state index in [-0.39, 0.29) is 6.61 Å². The average molecular weight is 274 g/mol. The molecule has 0 saturated carbocycles. The average Bonchev–Trinajstić information content (AvgIpc) is 2.73. The number of nitrogens with zero attached hydrogens (tertiary/aromatic N) is 2. The molecule has 2 rings (SSSR count). The summed E-state index contributed by atoms with van der Waals surface area (Å²) in [5.74, 6) is 0.885. The van der Waals surface area contributed by atoms with Crippen LogP contribution >= 0.6 is 0 Å². The van der Waals surface area contributed by atoms with Gasteiger partial charge < -0.3 is 16.2 Å². The number of anilines is 2. The van der Waals surface area contributed by atoms with E-state index in [9.17, 15) is 0 Å². The standard InChI is InChI=1S/C15H22N4O/c1-3-8-19-15(14(16)11(2)18-19)17-9-12-4-6-13(10-20)7-5-12/h4-7,17,20H,3,8-10,16H2,1-2H3. The molecule has 0 aliphatic rings. The number of hydrogen-bond acceptors (Lipinski definition) is 4. The first-order chi connectivity index (χ1) is 9.65. The molecule has 0 aliphatic carbocycles. The van der Waals surface area contributed by atoms with E-state index in [4.69, 9.17) is 10.8 Å². The van der Waals surface area contributed by atoms with Crippen molar-refractivity contribution in [3.05, 3.63) is 41.1 Å². The van der Waals surface area contributed by atoms with Gasteiger partial charge in [-0.15, -0.1) is 0 Å².